The average molecular weight is 253 g/mol. The van der Waals surface area contributed by atoms with Crippen LogP contribution in [-0.4, -0.2) is 11.6 Å². The van der Waals surface area contributed by atoms with E-state index >= 15 is 0 Å². The predicted molar refractivity (Wildman–Crippen MR) is 60.7 cm³/mol. The van der Waals surface area contributed by atoms with Crippen molar-refractivity contribution in [1.82, 2.24) is 4.98 Å². The maximum Gasteiger partial charge on any atom is 0.251 e. The first-order valence-electron chi connectivity index (χ1n) is 5.36. The van der Waals surface area contributed by atoms with Gasteiger partial charge in [-0.2, -0.15) is 13.8 Å². The molecule has 0 amide bonds. The molecule has 0 N–H and O–H groups in total. The van der Waals surface area contributed by atoms with Crippen molar-refractivity contribution < 1.29 is 17.9 Å². The Morgan fingerprint density at radius 1 is 1.06 bits per heavy atom. The first-order valence-corrected chi connectivity index (χ1v) is 5.36. The summed E-state index contributed by atoms with van der Waals surface area (Å²) < 4.78 is 44.4. The van der Waals surface area contributed by atoms with Gasteiger partial charge in [-0.15, -0.1) is 0 Å². The van der Waals surface area contributed by atoms with Crippen molar-refractivity contribution in [2.24, 2.45) is 0 Å². The van der Waals surface area contributed by atoms with E-state index in [2.05, 4.69) is 4.98 Å². The maximum absolute atomic E-state index is 13.4. The highest BCUT2D eigenvalue weighted by molar-refractivity contribution is 5.63. The summed E-state index contributed by atoms with van der Waals surface area (Å²) >= 11 is 0. The van der Waals surface area contributed by atoms with Crippen LogP contribution < -0.4 is 4.74 Å². The van der Waals surface area contributed by atoms with Crippen molar-refractivity contribution in [2.75, 3.05) is 6.61 Å². The van der Waals surface area contributed by atoms with Crippen LogP contribution in [0.25, 0.3) is 11.1 Å². The number of halogens is 3. The molecule has 0 unspecified atom stereocenters. The van der Waals surface area contributed by atoms with Crippen LogP contribution in [0, 0.1) is 17.7 Å². The molecule has 0 fully saturated rings. The summed E-state index contributed by atoms with van der Waals surface area (Å²) in [5.41, 5.74) is 0.319. The lowest BCUT2D eigenvalue weighted by Crippen LogP contribution is -1.97. The quantitative estimate of drug-likeness (QED) is 0.780. The molecule has 0 aliphatic rings. The highest BCUT2D eigenvalue weighted by atomic mass is 19.2. The van der Waals surface area contributed by atoms with E-state index < -0.39 is 17.7 Å². The highest BCUT2D eigenvalue weighted by Crippen LogP contribution is 2.25. The van der Waals surface area contributed by atoms with E-state index in [1.807, 2.05) is 6.92 Å². The van der Waals surface area contributed by atoms with Gasteiger partial charge in [0.2, 0.25) is 5.95 Å². The molecular formula is C13H10F3NO. The van der Waals surface area contributed by atoms with E-state index in [0.29, 0.717) is 17.9 Å². The summed E-state index contributed by atoms with van der Waals surface area (Å²) in [4.78, 5) is 2.87. The van der Waals surface area contributed by atoms with Crippen LogP contribution in [0.15, 0.2) is 30.3 Å². The van der Waals surface area contributed by atoms with E-state index in [9.17, 15) is 13.2 Å². The lowest BCUT2D eigenvalue weighted by molar-refractivity contribution is 0.340. The molecule has 1 heterocycles. The van der Waals surface area contributed by atoms with Crippen LogP contribution in [0.5, 0.6) is 5.75 Å². The van der Waals surface area contributed by atoms with Gasteiger partial charge in [0, 0.05) is 5.56 Å². The van der Waals surface area contributed by atoms with Gasteiger partial charge in [0.15, 0.2) is 5.82 Å². The Morgan fingerprint density at radius 3 is 2.33 bits per heavy atom. The second-order valence-corrected chi connectivity index (χ2v) is 3.56. The molecule has 2 rings (SSSR count). The highest BCUT2D eigenvalue weighted by Gasteiger charge is 2.12. The molecule has 0 aliphatic carbocycles. The zero-order valence-corrected chi connectivity index (χ0v) is 9.58. The van der Waals surface area contributed by atoms with Gasteiger partial charge < -0.3 is 4.74 Å². The number of aromatic nitrogens is 1. The Hall–Kier alpha value is -2.04. The minimum atomic E-state index is -1.44. The van der Waals surface area contributed by atoms with E-state index in [-0.39, 0.29) is 5.56 Å². The monoisotopic (exact) mass is 253 g/mol. The van der Waals surface area contributed by atoms with Crippen LogP contribution in [0.2, 0.25) is 0 Å². The van der Waals surface area contributed by atoms with E-state index in [1.54, 1.807) is 24.3 Å². The zero-order valence-electron chi connectivity index (χ0n) is 9.58. The van der Waals surface area contributed by atoms with Crippen molar-refractivity contribution in [1.29, 1.82) is 0 Å². The number of hydrogen-bond acceptors (Lipinski definition) is 2. The van der Waals surface area contributed by atoms with Gasteiger partial charge in [-0.25, -0.2) is 4.39 Å². The topological polar surface area (TPSA) is 22.1 Å². The molecule has 1 aromatic carbocycles. The third-order valence-electron chi connectivity index (χ3n) is 2.36. The second-order valence-electron chi connectivity index (χ2n) is 3.56. The molecule has 2 aromatic rings. The minimum Gasteiger partial charge on any atom is -0.494 e. The summed E-state index contributed by atoms with van der Waals surface area (Å²) in [5, 5.41) is 0. The van der Waals surface area contributed by atoms with Gasteiger partial charge >= 0.3 is 0 Å². The summed E-state index contributed by atoms with van der Waals surface area (Å²) in [6.07, 6.45) is 0. The normalized spacial score (nSPS) is 10.4. The SMILES string of the molecule is CCOc1ccc(-c2cc(F)c(F)nc2F)cc1. The molecule has 0 bridgehead atoms. The maximum atomic E-state index is 13.4. The van der Waals surface area contributed by atoms with E-state index in [4.69, 9.17) is 4.74 Å². The molecule has 0 spiro atoms. The number of pyridine rings is 1. The summed E-state index contributed by atoms with van der Waals surface area (Å²) in [5.74, 6) is -3.04. The lowest BCUT2D eigenvalue weighted by Gasteiger charge is -2.06. The molecule has 18 heavy (non-hydrogen) atoms. The van der Waals surface area contributed by atoms with Gasteiger partial charge in [0.25, 0.3) is 5.95 Å². The number of hydrogen-bond donors (Lipinski definition) is 0. The van der Waals surface area contributed by atoms with Crippen LogP contribution in [0.3, 0.4) is 0 Å². The van der Waals surface area contributed by atoms with E-state index in [1.165, 1.54) is 0 Å². The number of benzene rings is 1. The standard InChI is InChI=1S/C13H10F3NO/c1-2-18-9-5-3-8(4-6-9)10-7-11(14)13(16)17-12(10)15/h3-7H,2H2,1H3. The Kier molecular flexibility index (Phi) is 3.50. The van der Waals surface area contributed by atoms with Crippen LogP contribution in [-0.2, 0) is 0 Å². The average Bonchev–Trinajstić information content (AvgIpc) is 2.35. The van der Waals surface area contributed by atoms with Crippen molar-refractivity contribution >= 4 is 0 Å². The molecule has 5 heteroatoms. The summed E-state index contributed by atoms with van der Waals surface area (Å²) in [6.45, 7) is 2.35. The first kappa shape index (κ1) is 12.4. The van der Waals surface area contributed by atoms with Crippen molar-refractivity contribution in [2.45, 2.75) is 6.92 Å². The van der Waals surface area contributed by atoms with Gasteiger partial charge in [-0.1, -0.05) is 12.1 Å². The number of nitrogens with zero attached hydrogens (tertiary/aromatic N) is 1. The van der Waals surface area contributed by atoms with Gasteiger partial charge in [0.05, 0.1) is 6.61 Å². The van der Waals surface area contributed by atoms with Gasteiger partial charge in [-0.3, -0.25) is 0 Å². The van der Waals surface area contributed by atoms with Crippen LogP contribution in [0.1, 0.15) is 6.92 Å². The number of rotatable bonds is 3. The third kappa shape index (κ3) is 2.45. The summed E-state index contributed by atoms with van der Waals surface area (Å²) in [6, 6.07) is 7.15. The van der Waals surface area contributed by atoms with E-state index in [0.717, 1.165) is 6.07 Å². The molecular weight excluding hydrogens is 243 g/mol. The summed E-state index contributed by atoms with van der Waals surface area (Å²) in [7, 11) is 0. The fraction of sp³-hybridized carbons (Fsp3) is 0.154. The smallest absolute Gasteiger partial charge is 0.251 e. The molecule has 0 aliphatic heterocycles. The first-order chi connectivity index (χ1) is 8.61. The molecule has 0 saturated carbocycles. The Balaban J connectivity index is 2.39. The molecule has 94 valence electrons. The Morgan fingerprint density at radius 2 is 1.72 bits per heavy atom. The molecule has 1 aromatic heterocycles. The fourth-order valence-electron chi connectivity index (χ4n) is 1.55. The second kappa shape index (κ2) is 5.08. The van der Waals surface area contributed by atoms with Crippen molar-refractivity contribution in [3.63, 3.8) is 0 Å². The van der Waals surface area contributed by atoms with Crippen molar-refractivity contribution in [3.05, 3.63) is 48.0 Å². The molecule has 0 radical (unpaired) electrons. The molecule has 0 atom stereocenters. The van der Waals surface area contributed by atoms with Crippen LogP contribution >= 0.6 is 0 Å². The number of ether oxygens (including phenoxy) is 1. The Labute approximate surface area is 102 Å². The predicted octanol–water partition coefficient (Wildman–Crippen LogP) is 3.56. The van der Waals surface area contributed by atoms with Gasteiger partial charge in [-0.05, 0) is 30.7 Å². The lowest BCUT2D eigenvalue weighted by atomic mass is 10.1. The minimum absolute atomic E-state index is 0.0862. The van der Waals surface area contributed by atoms with Gasteiger partial charge in [0.1, 0.15) is 5.75 Å². The third-order valence-corrected chi connectivity index (χ3v) is 2.36. The zero-order chi connectivity index (χ0) is 13.1. The van der Waals surface area contributed by atoms with Crippen LogP contribution in [0.4, 0.5) is 13.2 Å². The largest absolute Gasteiger partial charge is 0.494 e. The Bertz CT molecular complexity index is 555. The molecule has 0 saturated heterocycles. The molecule has 2 nitrogen and oxygen atoms in total. The fourth-order valence-corrected chi connectivity index (χ4v) is 1.55. The van der Waals surface area contributed by atoms with Crippen molar-refractivity contribution in [3.8, 4) is 16.9 Å².